The first-order chi connectivity index (χ1) is 8.26. The third-order valence-corrected chi connectivity index (χ3v) is 2.36. The number of nitrogens with two attached hydrogens (primary N) is 2. The Bertz CT molecular complexity index is 245. The molecule has 0 bridgehead atoms. The van der Waals surface area contributed by atoms with E-state index >= 15 is 0 Å². The summed E-state index contributed by atoms with van der Waals surface area (Å²) in [4.78, 5) is 16.1. The molecule has 0 aliphatic heterocycles. The lowest BCUT2D eigenvalue weighted by Crippen LogP contribution is -2.38. The third kappa shape index (κ3) is 8.50. The van der Waals surface area contributed by atoms with E-state index in [4.69, 9.17) is 17.0 Å². The van der Waals surface area contributed by atoms with E-state index in [2.05, 4.69) is 10.0 Å². The summed E-state index contributed by atoms with van der Waals surface area (Å²) in [7, 11) is 0. The van der Waals surface area contributed by atoms with Gasteiger partial charge in [-0.25, -0.2) is 0 Å². The normalized spacial score (nSPS) is 9.76. The zero-order valence-electron chi connectivity index (χ0n) is 10.2. The Labute approximate surface area is 102 Å². The Morgan fingerprint density at radius 2 is 1.82 bits per heavy atom. The molecule has 7 heteroatoms. The van der Waals surface area contributed by atoms with Crippen molar-refractivity contribution in [2.45, 2.75) is 25.7 Å². The van der Waals surface area contributed by atoms with E-state index in [1.54, 1.807) is 4.90 Å². The summed E-state index contributed by atoms with van der Waals surface area (Å²) >= 11 is 0. The zero-order chi connectivity index (χ0) is 12.9. The summed E-state index contributed by atoms with van der Waals surface area (Å²) in [5.74, 6) is 0.102. The predicted octanol–water partition coefficient (Wildman–Crippen LogP) is 0.603. The maximum absolute atomic E-state index is 11.7. The zero-order valence-corrected chi connectivity index (χ0v) is 10.2. The first-order valence-corrected chi connectivity index (χ1v) is 5.95. The standard InChI is InChI=1S/C10H22N6O/c11-5-8-16(9-6-12)10(17)4-2-1-3-7-14-15-13/h1-9,11-12H2. The van der Waals surface area contributed by atoms with E-state index in [9.17, 15) is 4.79 Å². The quantitative estimate of drug-likeness (QED) is 0.252. The number of amides is 1. The topological polar surface area (TPSA) is 121 Å². The number of rotatable bonds is 10. The Morgan fingerprint density at radius 3 is 2.35 bits per heavy atom. The van der Waals surface area contributed by atoms with Crippen LogP contribution in [-0.2, 0) is 4.79 Å². The molecule has 0 saturated carbocycles. The van der Waals surface area contributed by atoms with Gasteiger partial charge in [-0.05, 0) is 18.4 Å². The van der Waals surface area contributed by atoms with Crippen molar-refractivity contribution in [1.82, 2.24) is 4.90 Å². The van der Waals surface area contributed by atoms with Crippen molar-refractivity contribution in [3.63, 3.8) is 0 Å². The van der Waals surface area contributed by atoms with Gasteiger partial charge in [-0.2, -0.15) is 0 Å². The first kappa shape index (κ1) is 15.7. The molecule has 0 spiro atoms. The summed E-state index contributed by atoms with van der Waals surface area (Å²) in [6, 6.07) is 0. The van der Waals surface area contributed by atoms with Gasteiger partial charge in [-0.1, -0.05) is 11.5 Å². The molecule has 0 aromatic heterocycles. The van der Waals surface area contributed by atoms with Crippen LogP contribution >= 0.6 is 0 Å². The minimum absolute atomic E-state index is 0.102. The fourth-order valence-corrected chi connectivity index (χ4v) is 1.51. The molecule has 0 aromatic carbocycles. The Kier molecular flexibility index (Phi) is 10.3. The molecule has 0 aliphatic carbocycles. The van der Waals surface area contributed by atoms with Crippen LogP contribution in [0.15, 0.2) is 5.11 Å². The first-order valence-electron chi connectivity index (χ1n) is 5.95. The van der Waals surface area contributed by atoms with Crippen LogP contribution in [0.3, 0.4) is 0 Å². The summed E-state index contributed by atoms with van der Waals surface area (Å²) in [6.07, 6.45) is 3.04. The van der Waals surface area contributed by atoms with E-state index in [-0.39, 0.29) is 5.91 Å². The Hall–Kier alpha value is -1.30. The number of azide groups is 1. The second-order valence-corrected chi connectivity index (χ2v) is 3.72. The van der Waals surface area contributed by atoms with E-state index < -0.39 is 0 Å². The van der Waals surface area contributed by atoms with Gasteiger partial charge in [0.15, 0.2) is 0 Å². The van der Waals surface area contributed by atoms with Gasteiger partial charge >= 0.3 is 0 Å². The number of carbonyl (C=O) groups excluding carboxylic acids is 1. The van der Waals surface area contributed by atoms with Gasteiger partial charge in [0.05, 0.1) is 0 Å². The monoisotopic (exact) mass is 242 g/mol. The minimum Gasteiger partial charge on any atom is -0.340 e. The maximum atomic E-state index is 11.7. The highest BCUT2D eigenvalue weighted by atomic mass is 16.2. The lowest BCUT2D eigenvalue weighted by atomic mass is 10.2. The van der Waals surface area contributed by atoms with Gasteiger partial charge < -0.3 is 16.4 Å². The molecule has 0 saturated heterocycles. The van der Waals surface area contributed by atoms with Crippen molar-refractivity contribution in [3.05, 3.63) is 10.4 Å². The van der Waals surface area contributed by atoms with Crippen molar-refractivity contribution in [2.24, 2.45) is 16.6 Å². The molecule has 1 amide bonds. The van der Waals surface area contributed by atoms with Crippen LogP contribution in [0.1, 0.15) is 25.7 Å². The summed E-state index contributed by atoms with van der Waals surface area (Å²) in [5, 5.41) is 3.43. The molecule has 4 N–H and O–H groups in total. The molecule has 0 heterocycles. The third-order valence-electron chi connectivity index (χ3n) is 2.36. The van der Waals surface area contributed by atoms with Gasteiger partial charge in [-0.15, -0.1) is 0 Å². The van der Waals surface area contributed by atoms with E-state index in [0.29, 0.717) is 39.1 Å². The second-order valence-electron chi connectivity index (χ2n) is 3.72. The number of hydrogen-bond donors (Lipinski definition) is 2. The highest BCUT2D eigenvalue weighted by Crippen LogP contribution is 2.03. The molecule has 0 fully saturated rings. The van der Waals surface area contributed by atoms with Crippen LogP contribution < -0.4 is 11.5 Å². The van der Waals surface area contributed by atoms with Gasteiger partial charge in [0.2, 0.25) is 5.91 Å². The van der Waals surface area contributed by atoms with E-state index in [1.807, 2.05) is 0 Å². The fraction of sp³-hybridized carbons (Fsp3) is 0.900. The minimum atomic E-state index is 0.102. The molecule has 0 radical (unpaired) electrons. The molecule has 0 unspecified atom stereocenters. The highest BCUT2D eigenvalue weighted by Gasteiger charge is 2.10. The fourth-order valence-electron chi connectivity index (χ4n) is 1.51. The largest absolute Gasteiger partial charge is 0.340 e. The van der Waals surface area contributed by atoms with Crippen LogP contribution in [0.2, 0.25) is 0 Å². The molecule has 17 heavy (non-hydrogen) atoms. The lowest BCUT2D eigenvalue weighted by Gasteiger charge is -2.21. The molecular formula is C10H22N6O. The number of hydrogen-bond acceptors (Lipinski definition) is 4. The number of carbonyl (C=O) groups is 1. The van der Waals surface area contributed by atoms with Gasteiger partial charge in [0.1, 0.15) is 0 Å². The SMILES string of the molecule is [N-]=[N+]=NCCCCCC(=O)N(CCN)CCN. The molecular weight excluding hydrogens is 220 g/mol. The summed E-state index contributed by atoms with van der Waals surface area (Å²) in [5.41, 5.74) is 18.9. The second kappa shape index (κ2) is 11.2. The van der Waals surface area contributed by atoms with Crippen LogP contribution in [0, 0.1) is 0 Å². The van der Waals surface area contributed by atoms with Gasteiger partial charge in [-0.3, -0.25) is 4.79 Å². The van der Waals surface area contributed by atoms with Crippen molar-refractivity contribution in [1.29, 1.82) is 0 Å². The average Bonchev–Trinajstić information content (AvgIpc) is 2.33. The smallest absolute Gasteiger partial charge is 0.222 e. The molecule has 0 rings (SSSR count). The van der Waals surface area contributed by atoms with E-state index in [0.717, 1.165) is 19.3 Å². The van der Waals surface area contributed by atoms with Crippen molar-refractivity contribution < 1.29 is 4.79 Å². The van der Waals surface area contributed by atoms with Crippen LogP contribution in [0.4, 0.5) is 0 Å². The number of nitrogens with zero attached hydrogens (tertiary/aromatic N) is 4. The van der Waals surface area contributed by atoms with E-state index in [1.165, 1.54) is 0 Å². The van der Waals surface area contributed by atoms with Gasteiger partial charge in [0, 0.05) is 44.1 Å². The van der Waals surface area contributed by atoms with Crippen LogP contribution in [-0.4, -0.2) is 43.5 Å². The molecule has 0 atom stereocenters. The number of unbranched alkanes of at least 4 members (excludes halogenated alkanes) is 2. The van der Waals surface area contributed by atoms with Crippen LogP contribution in [0.5, 0.6) is 0 Å². The molecule has 0 aromatic rings. The Balaban J connectivity index is 3.69. The van der Waals surface area contributed by atoms with Crippen molar-refractivity contribution in [3.8, 4) is 0 Å². The van der Waals surface area contributed by atoms with Gasteiger partial charge in [0.25, 0.3) is 0 Å². The molecule has 98 valence electrons. The highest BCUT2D eigenvalue weighted by molar-refractivity contribution is 5.76. The predicted molar refractivity (Wildman–Crippen MR) is 67.2 cm³/mol. The average molecular weight is 242 g/mol. The summed E-state index contributed by atoms with van der Waals surface area (Å²) < 4.78 is 0. The Morgan fingerprint density at radius 1 is 1.18 bits per heavy atom. The van der Waals surface area contributed by atoms with Crippen LogP contribution in [0.25, 0.3) is 10.4 Å². The maximum Gasteiger partial charge on any atom is 0.222 e. The molecule has 0 aliphatic rings. The molecule has 7 nitrogen and oxygen atoms in total. The summed E-state index contributed by atoms with van der Waals surface area (Å²) in [6.45, 7) is 2.55. The lowest BCUT2D eigenvalue weighted by molar-refractivity contribution is -0.131. The van der Waals surface area contributed by atoms with Crippen molar-refractivity contribution >= 4 is 5.91 Å². The van der Waals surface area contributed by atoms with Crippen molar-refractivity contribution in [2.75, 3.05) is 32.7 Å².